The monoisotopic (exact) mass is 580 g/mol. The van der Waals surface area contributed by atoms with Crippen LogP contribution >= 0.6 is 12.2 Å². The number of aryl methyl sites for hydroxylation is 2. The first-order valence-electron chi connectivity index (χ1n) is 12.9. The number of ether oxygens (including phenoxy) is 1. The molecule has 1 aliphatic carbocycles. The summed E-state index contributed by atoms with van der Waals surface area (Å²) in [6, 6.07) is 16.9. The molecule has 3 N–H and O–H groups in total. The van der Waals surface area contributed by atoms with Gasteiger partial charge in [-0.05, 0) is 97.1 Å². The Morgan fingerprint density at radius 1 is 1.07 bits per heavy atom. The third-order valence-electron chi connectivity index (χ3n) is 6.68. The van der Waals surface area contributed by atoms with Gasteiger partial charge in [0.15, 0.2) is 10.9 Å². The summed E-state index contributed by atoms with van der Waals surface area (Å²) in [5.41, 5.74) is 6.60. The number of alkyl halides is 3. The highest BCUT2D eigenvalue weighted by Crippen LogP contribution is 2.28. The molecule has 12 heteroatoms. The van der Waals surface area contributed by atoms with Gasteiger partial charge in [-0.3, -0.25) is 5.32 Å². The zero-order valence-corrected chi connectivity index (χ0v) is 23.1. The SMILES string of the molecule is CCc1ccc(C)cc1NC(=S)NC(=O)NC1Cc2ccc(-c3ncn(-c4ccc(OC(F)(F)F)cc4)n3)cc2C1. The van der Waals surface area contributed by atoms with Crippen LogP contribution in [0.1, 0.15) is 29.2 Å². The highest BCUT2D eigenvalue weighted by molar-refractivity contribution is 7.80. The summed E-state index contributed by atoms with van der Waals surface area (Å²) in [4.78, 5) is 17.0. The van der Waals surface area contributed by atoms with Gasteiger partial charge in [-0.25, -0.2) is 14.5 Å². The summed E-state index contributed by atoms with van der Waals surface area (Å²) in [5.74, 6) is 0.156. The summed E-state index contributed by atoms with van der Waals surface area (Å²) in [7, 11) is 0. The number of anilines is 1. The predicted octanol–water partition coefficient (Wildman–Crippen LogP) is 5.87. The summed E-state index contributed by atoms with van der Waals surface area (Å²) in [6.07, 6.45) is -1.11. The second-order valence-electron chi connectivity index (χ2n) is 9.71. The van der Waals surface area contributed by atoms with Crippen LogP contribution < -0.4 is 20.7 Å². The predicted molar refractivity (Wildman–Crippen MR) is 153 cm³/mol. The Morgan fingerprint density at radius 2 is 1.83 bits per heavy atom. The highest BCUT2D eigenvalue weighted by atomic mass is 32.1. The zero-order chi connectivity index (χ0) is 29.1. The molecule has 1 unspecified atom stereocenters. The van der Waals surface area contributed by atoms with Gasteiger partial charge < -0.3 is 15.4 Å². The molecule has 0 radical (unpaired) electrons. The number of halogens is 3. The van der Waals surface area contributed by atoms with Crippen molar-refractivity contribution in [1.29, 1.82) is 0 Å². The molecule has 0 fully saturated rings. The average Bonchev–Trinajstić information content (AvgIpc) is 3.55. The smallest absolute Gasteiger partial charge is 0.406 e. The number of thiocarbonyl (C=S) groups is 1. The van der Waals surface area contributed by atoms with Crippen molar-refractivity contribution >= 4 is 29.0 Å². The zero-order valence-electron chi connectivity index (χ0n) is 22.2. The maximum Gasteiger partial charge on any atom is 0.573 e. The van der Waals surface area contributed by atoms with Crippen LogP contribution in [0.4, 0.5) is 23.7 Å². The van der Waals surface area contributed by atoms with Crippen LogP contribution in [0.2, 0.25) is 0 Å². The normalized spacial score (nSPS) is 14.3. The van der Waals surface area contributed by atoms with Crippen molar-refractivity contribution in [3.63, 3.8) is 0 Å². The number of amides is 2. The van der Waals surface area contributed by atoms with Crippen LogP contribution in [0, 0.1) is 6.92 Å². The van der Waals surface area contributed by atoms with Crippen molar-refractivity contribution in [2.24, 2.45) is 0 Å². The number of carbonyl (C=O) groups is 1. The fourth-order valence-electron chi connectivity index (χ4n) is 4.77. The Labute approximate surface area is 239 Å². The lowest BCUT2D eigenvalue weighted by Gasteiger charge is -2.16. The molecule has 0 bridgehead atoms. The first-order chi connectivity index (χ1) is 19.6. The van der Waals surface area contributed by atoms with E-state index in [1.165, 1.54) is 35.3 Å². The Hall–Kier alpha value is -4.45. The molecule has 0 spiro atoms. The van der Waals surface area contributed by atoms with E-state index in [0.717, 1.165) is 39.9 Å². The number of hydrogen-bond acceptors (Lipinski definition) is 5. The largest absolute Gasteiger partial charge is 0.573 e. The molecule has 0 saturated carbocycles. The van der Waals surface area contributed by atoms with Gasteiger partial charge in [0.1, 0.15) is 12.1 Å². The van der Waals surface area contributed by atoms with E-state index in [9.17, 15) is 18.0 Å². The number of nitrogens with zero attached hydrogens (tertiary/aromatic N) is 3. The lowest BCUT2D eigenvalue weighted by Crippen LogP contribution is -2.46. The van der Waals surface area contributed by atoms with Crippen LogP contribution in [0.25, 0.3) is 17.1 Å². The maximum absolute atomic E-state index is 12.7. The minimum atomic E-state index is -4.75. The molecule has 1 aromatic heterocycles. The molecule has 1 atom stereocenters. The molecule has 5 rings (SSSR count). The van der Waals surface area contributed by atoms with Crippen molar-refractivity contribution in [3.05, 3.63) is 89.2 Å². The average molecular weight is 581 g/mol. The summed E-state index contributed by atoms with van der Waals surface area (Å²) < 4.78 is 42.6. The Kier molecular flexibility index (Phi) is 7.93. The van der Waals surface area contributed by atoms with E-state index < -0.39 is 6.36 Å². The van der Waals surface area contributed by atoms with Gasteiger partial charge in [0.2, 0.25) is 0 Å². The molecule has 4 aromatic rings. The number of urea groups is 1. The van der Waals surface area contributed by atoms with Crippen LogP contribution in [0.5, 0.6) is 5.75 Å². The molecule has 1 aliphatic rings. The molecule has 212 valence electrons. The molecule has 41 heavy (non-hydrogen) atoms. The number of rotatable bonds is 6. The molecular formula is C29H27F3N6O2S. The summed E-state index contributed by atoms with van der Waals surface area (Å²) in [5, 5.41) is 13.5. The van der Waals surface area contributed by atoms with Crippen LogP contribution in [0.3, 0.4) is 0 Å². The van der Waals surface area contributed by atoms with E-state index in [-0.39, 0.29) is 22.9 Å². The maximum atomic E-state index is 12.7. The lowest BCUT2D eigenvalue weighted by atomic mass is 10.1. The molecule has 0 saturated heterocycles. The molecule has 1 heterocycles. The van der Waals surface area contributed by atoms with E-state index in [2.05, 4.69) is 37.7 Å². The molecule has 0 aliphatic heterocycles. The Bertz CT molecular complexity index is 1590. The standard InChI is InChI=1S/C29H27F3N6O2S/c1-3-18-5-4-17(2)12-25(18)35-28(41)36-27(39)34-22-14-19-6-7-20(13-21(19)15-22)26-33-16-38(37-26)23-8-10-24(11-9-23)40-29(30,31)32/h4-13,16,22H,3,14-15H2,1-2H3,(H3,34,35,36,39,41). The topological polar surface area (TPSA) is 93.1 Å². The minimum absolute atomic E-state index is 0.101. The van der Waals surface area contributed by atoms with E-state index in [1.807, 2.05) is 43.3 Å². The Morgan fingerprint density at radius 3 is 2.56 bits per heavy atom. The van der Waals surface area contributed by atoms with E-state index in [0.29, 0.717) is 24.4 Å². The van der Waals surface area contributed by atoms with Crippen molar-refractivity contribution in [2.45, 2.75) is 45.5 Å². The van der Waals surface area contributed by atoms with Gasteiger partial charge in [0.05, 0.1) is 5.69 Å². The number of carbonyl (C=O) groups excluding carboxylic acids is 1. The number of benzene rings is 3. The van der Waals surface area contributed by atoms with Crippen LogP contribution in [-0.4, -0.2) is 38.3 Å². The number of aromatic nitrogens is 3. The number of nitrogens with one attached hydrogen (secondary N) is 3. The van der Waals surface area contributed by atoms with Crippen molar-refractivity contribution in [3.8, 4) is 22.8 Å². The van der Waals surface area contributed by atoms with Gasteiger partial charge in [-0.2, -0.15) is 0 Å². The third kappa shape index (κ3) is 7.01. The Balaban J connectivity index is 1.18. The first-order valence-corrected chi connectivity index (χ1v) is 13.3. The van der Waals surface area contributed by atoms with Gasteiger partial charge in [-0.15, -0.1) is 18.3 Å². The summed E-state index contributed by atoms with van der Waals surface area (Å²) in [6.45, 7) is 4.06. The van der Waals surface area contributed by atoms with E-state index >= 15 is 0 Å². The minimum Gasteiger partial charge on any atom is -0.406 e. The molecule has 8 nitrogen and oxygen atoms in total. The fourth-order valence-corrected chi connectivity index (χ4v) is 4.98. The third-order valence-corrected chi connectivity index (χ3v) is 6.88. The highest BCUT2D eigenvalue weighted by Gasteiger charge is 2.31. The van der Waals surface area contributed by atoms with Gasteiger partial charge >= 0.3 is 12.4 Å². The number of hydrogen-bond donors (Lipinski definition) is 3. The quantitative estimate of drug-likeness (QED) is 0.247. The van der Waals surface area contributed by atoms with Crippen LogP contribution in [-0.2, 0) is 19.3 Å². The van der Waals surface area contributed by atoms with Crippen molar-refractivity contribution < 1.29 is 22.7 Å². The van der Waals surface area contributed by atoms with Crippen LogP contribution in [0.15, 0.2) is 67.0 Å². The number of fused-ring (bicyclic) bond motifs is 1. The molecular weight excluding hydrogens is 553 g/mol. The molecule has 3 aromatic carbocycles. The first kappa shape index (κ1) is 28.1. The second-order valence-corrected chi connectivity index (χ2v) is 10.1. The van der Waals surface area contributed by atoms with Crippen molar-refractivity contribution in [1.82, 2.24) is 25.4 Å². The van der Waals surface area contributed by atoms with Gasteiger partial charge in [-0.1, -0.05) is 31.2 Å². The van der Waals surface area contributed by atoms with Gasteiger partial charge in [0.25, 0.3) is 0 Å². The molecule has 2 amide bonds. The fraction of sp³-hybridized carbons (Fsp3) is 0.241. The second kappa shape index (κ2) is 11.6. The van der Waals surface area contributed by atoms with Gasteiger partial charge in [0, 0.05) is 17.3 Å². The van der Waals surface area contributed by atoms with E-state index in [4.69, 9.17) is 12.2 Å². The van der Waals surface area contributed by atoms with Crippen molar-refractivity contribution in [2.75, 3.05) is 5.32 Å². The van der Waals surface area contributed by atoms with E-state index in [1.54, 1.807) is 0 Å². The lowest BCUT2D eigenvalue weighted by molar-refractivity contribution is -0.274. The summed E-state index contributed by atoms with van der Waals surface area (Å²) >= 11 is 5.36.